The van der Waals surface area contributed by atoms with E-state index in [1.54, 1.807) is 18.2 Å². The number of nitrogens with one attached hydrogen (secondary N) is 1. The van der Waals surface area contributed by atoms with Gasteiger partial charge in [0, 0.05) is 13.1 Å². The van der Waals surface area contributed by atoms with E-state index < -0.39 is 5.97 Å². The highest BCUT2D eigenvalue weighted by molar-refractivity contribution is 5.91. The molecule has 0 saturated heterocycles. The molecule has 0 fully saturated rings. The Hall–Kier alpha value is -1.92. The van der Waals surface area contributed by atoms with E-state index in [-0.39, 0.29) is 17.9 Å². The number of rotatable bonds is 9. The second-order valence-corrected chi connectivity index (χ2v) is 4.90. The Labute approximate surface area is 124 Å². The Morgan fingerprint density at radius 1 is 1.24 bits per heavy atom. The summed E-state index contributed by atoms with van der Waals surface area (Å²) in [6, 6.07) is 6.51. The van der Waals surface area contributed by atoms with Crippen molar-refractivity contribution in [2.75, 3.05) is 40.4 Å². The number of carboxylic acids is 1. The molecule has 21 heavy (non-hydrogen) atoms. The zero-order valence-electron chi connectivity index (χ0n) is 12.5. The molecule has 6 heteroatoms. The van der Waals surface area contributed by atoms with Gasteiger partial charge in [0.15, 0.2) is 0 Å². The van der Waals surface area contributed by atoms with E-state index in [2.05, 4.69) is 5.32 Å². The van der Waals surface area contributed by atoms with Crippen LogP contribution in [0.2, 0.25) is 0 Å². The molecule has 0 aromatic heterocycles. The van der Waals surface area contributed by atoms with Gasteiger partial charge in [0.25, 0.3) is 0 Å². The number of likely N-dealkylation sites (N-methyl/N-ethyl adjacent to an activating group) is 1. The van der Waals surface area contributed by atoms with Crippen LogP contribution in [-0.4, -0.2) is 62.3 Å². The van der Waals surface area contributed by atoms with Crippen molar-refractivity contribution >= 4 is 11.9 Å². The summed E-state index contributed by atoms with van der Waals surface area (Å²) < 4.78 is 5.36. The average molecular weight is 294 g/mol. The van der Waals surface area contributed by atoms with E-state index in [1.165, 1.54) is 6.07 Å². The van der Waals surface area contributed by atoms with E-state index in [1.807, 2.05) is 19.0 Å². The number of nitrogens with zero attached hydrogens (tertiary/aromatic N) is 1. The van der Waals surface area contributed by atoms with Gasteiger partial charge in [0.2, 0.25) is 5.91 Å². The summed E-state index contributed by atoms with van der Waals surface area (Å²) in [5.41, 5.74) is 0.672. The highest BCUT2D eigenvalue weighted by Crippen LogP contribution is 2.09. The molecular weight excluding hydrogens is 272 g/mol. The molecule has 0 aliphatic carbocycles. The van der Waals surface area contributed by atoms with Gasteiger partial charge in [-0.25, -0.2) is 4.79 Å². The van der Waals surface area contributed by atoms with Gasteiger partial charge < -0.3 is 20.1 Å². The maximum atomic E-state index is 11.8. The Morgan fingerprint density at radius 3 is 2.62 bits per heavy atom. The maximum absolute atomic E-state index is 11.8. The Bertz CT molecular complexity index is 474. The monoisotopic (exact) mass is 294 g/mol. The number of carbonyl (C=O) groups excluding carboxylic acids is 1. The zero-order valence-corrected chi connectivity index (χ0v) is 12.5. The second-order valence-electron chi connectivity index (χ2n) is 4.90. The number of carboxylic acid groups (broad SMARTS) is 1. The topological polar surface area (TPSA) is 78.9 Å². The number of amides is 1. The summed E-state index contributed by atoms with van der Waals surface area (Å²) >= 11 is 0. The standard InChI is InChI=1S/C15H22N2O4/c1-17(2)8-10-21-9-7-16-14(18)11-12-5-3-4-6-13(12)15(19)20/h3-6H,7-11H2,1-2H3,(H,16,18)(H,19,20). The molecule has 0 bridgehead atoms. The van der Waals surface area contributed by atoms with Crippen molar-refractivity contribution in [3.05, 3.63) is 35.4 Å². The summed E-state index contributed by atoms with van der Waals surface area (Å²) in [6.07, 6.45) is 0.0557. The van der Waals surface area contributed by atoms with E-state index in [9.17, 15) is 9.59 Å². The highest BCUT2D eigenvalue weighted by atomic mass is 16.5. The van der Waals surface area contributed by atoms with Crippen molar-refractivity contribution in [3.63, 3.8) is 0 Å². The van der Waals surface area contributed by atoms with Gasteiger partial charge in [-0.15, -0.1) is 0 Å². The molecule has 0 unspecified atom stereocenters. The van der Waals surface area contributed by atoms with Crippen LogP contribution in [0.1, 0.15) is 15.9 Å². The Kier molecular flexibility index (Phi) is 7.42. The molecule has 0 spiro atoms. The third-order valence-electron chi connectivity index (χ3n) is 2.85. The van der Waals surface area contributed by atoms with Crippen LogP contribution in [0.3, 0.4) is 0 Å². The second kappa shape index (κ2) is 9.10. The van der Waals surface area contributed by atoms with E-state index in [0.29, 0.717) is 25.3 Å². The smallest absolute Gasteiger partial charge is 0.335 e. The molecular formula is C15H22N2O4. The lowest BCUT2D eigenvalue weighted by Crippen LogP contribution is -2.30. The molecule has 2 N–H and O–H groups in total. The molecule has 116 valence electrons. The predicted molar refractivity (Wildman–Crippen MR) is 79.5 cm³/mol. The number of ether oxygens (including phenoxy) is 1. The first-order valence-electron chi connectivity index (χ1n) is 6.81. The molecule has 0 atom stereocenters. The van der Waals surface area contributed by atoms with Crippen LogP contribution in [0.25, 0.3) is 0 Å². The SMILES string of the molecule is CN(C)CCOCCNC(=O)Cc1ccccc1C(=O)O. The zero-order chi connectivity index (χ0) is 15.7. The highest BCUT2D eigenvalue weighted by Gasteiger charge is 2.11. The van der Waals surface area contributed by atoms with E-state index >= 15 is 0 Å². The van der Waals surface area contributed by atoms with Crippen LogP contribution in [0, 0.1) is 0 Å². The van der Waals surface area contributed by atoms with Crippen LogP contribution in [0.4, 0.5) is 0 Å². The molecule has 1 aromatic rings. The summed E-state index contributed by atoms with van der Waals surface area (Å²) in [4.78, 5) is 24.8. The fourth-order valence-corrected chi connectivity index (χ4v) is 1.73. The molecule has 0 aliphatic rings. The lowest BCUT2D eigenvalue weighted by molar-refractivity contribution is -0.120. The number of hydrogen-bond donors (Lipinski definition) is 2. The van der Waals surface area contributed by atoms with Gasteiger partial charge in [-0.3, -0.25) is 4.79 Å². The van der Waals surface area contributed by atoms with Gasteiger partial charge >= 0.3 is 5.97 Å². The minimum Gasteiger partial charge on any atom is -0.478 e. The number of aromatic carboxylic acids is 1. The summed E-state index contributed by atoms with van der Waals surface area (Å²) in [5.74, 6) is -1.23. The van der Waals surface area contributed by atoms with Crippen molar-refractivity contribution in [2.24, 2.45) is 0 Å². The third kappa shape index (κ3) is 6.87. The van der Waals surface area contributed by atoms with Gasteiger partial charge in [0.1, 0.15) is 0 Å². The Morgan fingerprint density at radius 2 is 1.95 bits per heavy atom. The first-order valence-corrected chi connectivity index (χ1v) is 6.81. The fraction of sp³-hybridized carbons (Fsp3) is 0.467. The fourth-order valence-electron chi connectivity index (χ4n) is 1.73. The van der Waals surface area contributed by atoms with Crippen LogP contribution in [-0.2, 0) is 16.0 Å². The lowest BCUT2D eigenvalue weighted by atomic mass is 10.0. The van der Waals surface area contributed by atoms with Gasteiger partial charge in [-0.1, -0.05) is 18.2 Å². The van der Waals surface area contributed by atoms with E-state index in [0.717, 1.165) is 6.54 Å². The summed E-state index contributed by atoms with van der Waals surface area (Å²) in [7, 11) is 3.93. The molecule has 6 nitrogen and oxygen atoms in total. The minimum atomic E-state index is -1.02. The Balaban J connectivity index is 2.30. The van der Waals surface area contributed by atoms with Crippen LogP contribution < -0.4 is 5.32 Å². The largest absolute Gasteiger partial charge is 0.478 e. The number of carbonyl (C=O) groups is 2. The number of benzene rings is 1. The van der Waals surface area contributed by atoms with Crippen molar-refractivity contribution in [1.82, 2.24) is 10.2 Å². The summed E-state index contributed by atoms with van der Waals surface area (Å²) in [5, 5.41) is 11.8. The minimum absolute atomic E-state index is 0.0557. The molecule has 0 aliphatic heterocycles. The lowest BCUT2D eigenvalue weighted by Gasteiger charge is -2.10. The molecule has 0 heterocycles. The molecule has 1 amide bonds. The van der Waals surface area contributed by atoms with Crippen LogP contribution >= 0.6 is 0 Å². The average Bonchev–Trinajstić information content (AvgIpc) is 2.42. The van der Waals surface area contributed by atoms with Crippen molar-refractivity contribution in [2.45, 2.75) is 6.42 Å². The molecule has 0 radical (unpaired) electrons. The molecule has 0 saturated carbocycles. The first-order chi connectivity index (χ1) is 10.0. The van der Waals surface area contributed by atoms with Crippen LogP contribution in [0.15, 0.2) is 24.3 Å². The third-order valence-corrected chi connectivity index (χ3v) is 2.85. The molecule has 1 aromatic carbocycles. The normalized spacial score (nSPS) is 10.6. The molecule has 1 rings (SSSR count). The van der Waals surface area contributed by atoms with Crippen molar-refractivity contribution in [1.29, 1.82) is 0 Å². The van der Waals surface area contributed by atoms with Crippen molar-refractivity contribution in [3.8, 4) is 0 Å². The van der Waals surface area contributed by atoms with Gasteiger partial charge in [-0.2, -0.15) is 0 Å². The van der Waals surface area contributed by atoms with E-state index in [4.69, 9.17) is 9.84 Å². The van der Waals surface area contributed by atoms with Gasteiger partial charge in [-0.05, 0) is 25.7 Å². The quantitative estimate of drug-likeness (QED) is 0.653. The van der Waals surface area contributed by atoms with Gasteiger partial charge in [0.05, 0.1) is 25.2 Å². The number of hydrogen-bond acceptors (Lipinski definition) is 4. The van der Waals surface area contributed by atoms with Crippen LogP contribution in [0.5, 0.6) is 0 Å². The predicted octanol–water partition coefficient (Wildman–Crippen LogP) is 0.622. The summed E-state index contributed by atoms with van der Waals surface area (Å²) in [6.45, 7) is 2.31. The van der Waals surface area contributed by atoms with Crippen molar-refractivity contribution < 1.29 is 19.4 Å². The maximum Gasteiger partial charge on any atom is 0.335 e. The first kappa shape index (κ1) is 17.1.